The van der Waals surface area contributed by atoms with E-state index in [4.69, 9.17) is 11.1 Å². The van der Waals surface area contributed by atoms with Crippen LogP contribution in [0.15, 0.2) is 44.3 Å². The van der Waals surface area contributed by atoms with Crippen LogP contribution in [0, 0.1) is 31.1 Å². The Labute approximate surface area is 137 Å². The van der Waals surface area contributed by atoms with Gasteiger partial charge in [-0.25, -0.2) is 0 Å². The maximum atomic E-state index is 8.59. The molecule has 0 spiro atoms. The molecule has 0 N–H and O–H groups in total. The van der Waals surface area contributed by atoms with Gasteiger partial charge >= 0.3 is 31.1 Å². The van der Waals surface area contributed by atoms with E-state index in [9.17, 15) is 0 Å². The topological polar surface area (TPSA) is 69.3 Å². The Balaban J connectivity index is -0.000000440. The molecule has 0 aliphatic rings. The molecule has 0 unspecified atom stereocenters. The quantitative estimate of drug-likeness (QED) is 0.250. The largest absolute Gasteiger partial charge is 2.00 e. The summed E-state index contributed by atoms with van der Waals surface area (Å²) in [5.74, 6) is 0. The zero-order valence-corrected chi connectivity index (χ0v) is 16.5. The third-order valence-corrected chi connectivity index (χ3v) is 2.30. The van der Waals surface area contributed by atoms with Gasteiger partial charge < -0.3 is 21.3 Å². The van der Waals surface area contributed by atoms with Crippen molar-refractivity contribution in [3.05, 3.63) is 45.1 Å². The molecule has 0 rings (SSSR count). The summed E-state index contributed by atoms with van der Waals surface area (Å²) in [6.45, 7) is 2.04. The van der Waals surface area contributed by atoms with Crippen molar-refractivity contribution in [2.24, 2.45) is 10.2 Å². The number of rotatable bonds is 6. The van der Waals surface area contributed by atoms with Gasteiger partial charge in [-0.05, 0) is 23.0 Å². The second-order valence-corrected chi connectivity index (χ2v) is 4.09. The first-order valence-corrected chi connectivity index (χ1v) is 7.50. The average Bonchev–Trinajstić information content (AvgIpc) is 2.29. The van der Waals surface area contributed by atoms with Crippen LogP contribution in [0.3, 0.4) is 0 Å². The Bertz CT molecular complexity index is 285. The van der Waals surface area contributed by atoms with Gasteiger partial charge in [0, 0.05) is 12.7 Å². The molecule has 6 heteroatoms. The first-order chi connectivity index (χ1) is 7.76. The van der Waals surface area contributed by atoms with Crippen molar-refractivity contribution < 1.29 is 31.1 Å². The molecule has 0 heterocycles. The average molecular weight is 570 g/mol. The molecule has 0 amide bonds. The van der Waals surface area contributed by atoms with Crippen molar-refractivity contribution in [1.82, 2.24) is 0 Å². The summed E-state index contributed by atoms with van der Waals surface area (Å²) in [6, 6.07) is 0. The fourth-order valence-corrected chi connectivity index (χ4v) is 1.34. The summed E-state index contributed by atoms with van der Waals surface area (Å²) in [5.41, 5.74) is 16.4. The molecule has 0 saturated carbocycles. The molecule has 0 bridgehead atoms. The molecular weight excluding hydrogens is 553 g/mol. The van der Waals surface area contributed by atoms with Crippen LogP contribution in [-0.2, 0) is 0 Å². The summed E-state index contributed by atoms with van der Waals surface area (Å²) in [4.78, 5) is 0. The van der Waals surface area contributed by atoms with E-state index in [2.05, 4.69) is 18.8 Å². The second-order valence-electron chi connectivity index (χ2n) is 2.49. The molecule has 0 atom stereocenters. The summed E-state index contributed by atoms with van der Waals surface area (Å²) in [6.07, 6.45) is 9.46. The minimum Gasteiger partial charge on any atom is -0.712 e. The van der Waals surface area contributed by atoms with Crippen LogP contribution in [0.5, 0.6) is 0 Å². The molecular formula is C11H17IN4U. The van der Waals surface area contributed by atoms with Crippen molar-refractivity contribution in [2.75, 3.05) is 7.05 Å². The Morgan fingerprint density at radius 1 is 1.35 bits per heavy atom. The van der Waals surface area contributed by atoms with Gasteiger partial charge in [0.25, 0.3) is 0 Å². The van der Waals surface area contributed by atoms with Gasteiger partial charge in [-0.3, -0.25) is 0 Å². The van der Waals surface area contributed by atoms with Crippen molar-refractivity contribution in [2.45, 2.75) is 19.8 Å². The van der Waals surface area contributed by atoms with E-state index < -0.39 is 0 Å². The predicted octanol–water partition coefficient (Wildman–Crippen LogP) is 4.80. The predicted molar refractivity (Wildman–Crippen MR) is 79.9 cm³/mol. The van der Waals surface area contributed by atoms with Gasteiger partial charge in [0.2, 0.25) is 0 Å². The number of hydrogen-bond donors (Lipinski definition) is 0. The van der Waals surface area contributed by atoms with E-state index in [1.54, 1.807) is 0 Å². The molecule has 4 nitrogen and oxygen atoms in total. The molecule has 0 aromatic rings. The fourth-order valence-electron chi connectivity index (χ4n) is 0.684. The smallest absolute Gasteiger partial charge is 0.712 e. The van der Waals surface area contributed by atoms with Gasteiger partial charge in [0.1, 0.15) is 0 Å². The van der Waals surface area contributed by atoms with E-state index in [1.165, 1.54) is 7.05 Å². The van der Waals surface area contributed by atoms with E-state index in [-0.39, 0.29) is 51.8 Å². The van der Waals surface area contributed by atoms with Crippen LogP contribution in [-0.4, -0.2) is 11.6 Å². The van der Waals surface area contributed by atoms with Gasteiger partial charge in [0.05, 0.1) is 0 Å². The zero-order valence-electron chi connectivity index (χ0n) is 10.2. The van der Waals surface area contributed by atoms with Gasteiger partial charge in [-0.15, -0.1) is 20.7 Å². The first-order valence-electron chi connectivity index (χ1n) is 4.73. The molecule has 0 saturated heterocycles. The summed E-state index contributed by atoms with van der Waals surface area (Å²) in [5, 5.41) is 5.66. The molecule has 0 aromatic carbocycles. The summed E-state index contributed by atoms with van der Waals surface area (Å²) < 4.78 is 5.88. The van der Waals surface area contributed by atoms with Crippen molar-refractivity contribution in [1.29, 1.82) is 0 Å². The van der Waals surface area contributed by atoms with Crippen molar-refractivity contribution >= 4 is 25.2 Å². The standard InChI is InChI=1S/C10H14IN2.CH3N2.U/c1-3-4-7-10(13-12)8-5-6-9-11-2;1-3-2;/h4,6-9H,2-3,5H2,1H3;1H3;/q2*-1;+2/b7-4-,9-6-,10-8+;;. The Kier molecular flexibility index (Phi) is 28.0. The molecule has 0 aliphatic heterocycles. The minimum absolute atomic E-state index is 0. The maximum absolute atomic E-state index is 8.59. The monoisotopic (exact) mass is 570 g/mol. The Morgan fingerprint density at radius 3 is 2.35 bits per heavy atom. The first kappa shape index (κ1) is 22.3. The number of nitrogens with zero attached hydrogens (tertiary/aromatic N) is 4. The molecule has 17 heavy (non-hydrogen) atoms. The Morgan fingerprint density at radius 2 is 1.94 bits per heavy atom. The van der Waals surface area contributed by atoms with E-state index in [1.807, 2.05) is 31.2 Å². The van der Waals surface area contributed by atoms with Gasteiger partial charge in [-0.2, -0.15) is 0 Å². The molecule has 92 valence electrons. The molecule has 0 aliphatic carbocycles. The van der Waals surface area contributed by atoms with Crippen LogP contribution in [0.1, 0.15) is 19.8 Å². The van der Waals surface area contributed by atoms with Crippen LogP contribution in [0.4, 0.5) is 0 Å². The van der Waals surface area contributed by atoms with Crippen LogP contribution >= 0.6 is 20.7 Å². The van der Waals surface area contributed by atoms with Gasteiger partial charge in [0.15, 0.2) is 0 Å². The SMILES string of the molecule is C=I/C=C\C/C=C(\C=C/CC)N=[N-].CN=[N-].[U+2]. The third-order valence-electron chi connectivity index (χ3n) is 1.28. The second kappa shape index (κ2) is 21.4. The maximum Gasteiger partial charge on any atom is 2.00 e. The van der Waals surface area contributed by atoms with E-state index in [0.717, 1.165) is 12.8 Å². The van der Waals surface area contributed by atoms with Crippen molar-refractivity contribution in [3.63, 3.8) is 0 Å². The number of hydrogen-bond acceptors (Lipinski definition) is 2. The summed E-state index contributed by atoms with van der Waals surface area (Å²) >= 11 is -0.0119. The van der Waals surface area contributed by atoms with Crippen LogP contribution in [0.2, 0.25) is 0 Å². The van der Waals surface area contributed by atoms with Crippen LogP contribution in [0.25, 0.3) is 11.1 Å². The Hall–Kier alpha value is 0.0719. The fraction of sp³-hybridized carbons (Fsp3) is 0.364. The molecule has 0 aromatic heterocycles. The van der Waals surface area contributed by atoms with E-state index in [0.29, 0.717) is 5.70 Å². The van der Waals surface area contributed by atoms with E-state index >= 15 is 0 Å². The number of allylic oxidation sites excluding steroid dienone is 4. The third kappa shape index (κ3) is 21.8. The normalized spacial score (nSPS) is 10.6. The molecule has 0 radical (unpaired) electrons. The van der Waals surface area contributed by atoms with Crippen molar-refractivity contribution in [3.8, 4) is 0 Å². The zero-order chi connectivity index (χ0) is 12.6. The summed E-state index contributed by atoms with van der Waals surface area (Å²) in [7, 11) is 1.31. The van der Waals surface area contributed by atoms with Gasteiger partial charge in [-0.1, -0.05) is 29.7 Å². The number of halogens is 1. The van der Waals surface area contributed by atoms with Crippen LogP contribution < -0.4 is 0 Å². The minimum atomic E-state index is -0.0119. The molecule has 0 fully saturated rings.